The number of nitrogens with zero attached hydrogens (tertiary/aromatic N) is 3. The van der Waals surface area contributed by atoms with Crippen LogP contribution in [0.4, 0.5) is 5.95 Å². The first-order valence-electron chi connectivity index (χ1n) is 6.21. The number of rotatable bonds is 3. The molecule has 1 aromatic carbocycles. The van der Waals surface area contributed by atoms with Gasteiger partial charge in [-0.1, -0.05) is 24.3 Å². The fourth-order valence-electron chi connectivity index (χ4n) is 2.14. The summed E-state index contributed by atoms with van der Waals surface area (Å²) in [6, 6.07) is 11.8. The number of methoxy groups -OCH3 is 1. The smallest absolute Gasteiger partial charge is 0.240 e. The van der Waals surface area contributed by atoms with Gasteiger partial charge in [0, 0.05) is 12.1 Å². The van der Waals surface area contributed by atoms with Gasteiger partial charge in [-0.25, -0.2) is 4.52 Å². The van der Waals surface area contributed by atoms with Gasteiger partial charge in [0.15, 0.2) is 11.4 Å². The van der Waals surface area contributed by atoms with Crippen molar-refractivity contribution in [1.29, 1.82) is 0 Å². The first-order valence-corrected chi connectivity index (χ1v) is 6.21. The van der Waals surface area contributed by atoms with E-state index in [1.54, 1.807) is 11.6 Å². The molecule has 3 rings (SSSR count). The Balaban J connectivity index is 2.20. The van der Waals surface area contributed by atoms with E-state index in [4.69, 9.17) is 16.2 Å². The van der Waals surface area contributed by atoms with Gasteiger partial charge in [0.1, 0.15) is 0 Å². The lowest BCUT2D eigenvalue weighted by atomic mass is 10.1. The standard InChI is InChI=1S/C14H15N5O/c1-20-12-7-6-11(19-13(12)17-14(16)18-19)10-4-2-9(8-15)3-5-10/h2-7H,8,15H2,1H3,(H2,16,18). The fourth-order valence-corrected chi connectivity index (χ4v) is 2.14. The molecule has 0 spiro atoms. The van der Waals surface area contributed by atoms with Crippen LogP contribution in [0, 0.1) is 0 Å². The molecule has 0 amide bonds. The van der Waals surface area contributed by atoms with E-state index in [1.807, 2.05) is 36.4 Å². The zero-order valence-electron chi connectivity index (χ0n) is 11.1. The predicted molar refractivity (Wildman–Crippen MR) is 77.3 cm³/mol. The van der Waals surface area contributed by atoms with Crippen LogP contribution in [-0.4, -0.2) is 21.7 Å². The molecule has 0 fully saturated rings. The quantitative estimate of drug-likeness (QED) is 0.750. The minimum absolute atomic E-state index is 0.217. The zero-order valence-corrected chi connectivity index (χ0v) is 11.1. The highest BCUT2D eigenvalue weighted by molar-refractivity contribution is 5.68. The van der Waals surface area contributed by atoms with E-state index in [2.05, 4.69) is 10.1 Å². The third-order valence-corrected chi connectivity index (χ3v) is 3.17. The van der Waals surface area contributed by atoms with Crippen molar-refractivity contribution in [2.75, 3.05) is 12.8 Å². The van der Waals surface area contributed by atoms with Crippen LogP contribution < -0.4 is 16.2 Å². The van der Waals surface area contributed by atoms with Crippen LogP contribution in [0.1, 0.15) is 5.56 Å². The summed E-state index contributed by atoms with van der Waals surface area (Å²) < 4.78 is 6.96. The average Bonchev–Trinajstić information content (AvgIpc) is 2.87. The molecule has 2 aromatic heterocycles. The van der Waals surface area contributed by atoms with Gasteiger partial charge in [0.2, 0.25) is 5.95 Å². The molecule has 6 heteroatoms. The number of nitrogen functional groups attached to an aromatic ring is 1. The lowest BCUT2D eigenvalue weighted by Gasteiger charge is -2.07. The molecule has 20 heavy (non-hydrogen) atoms. The lowest BCUT2D eigenvalue weighted by Crippen LogP contribution is -1.98. The summed E-state index contributed by atoms with van der Waals surface area (Å²) in [7, 11) is 1.59. The summed E-state index contributed by atoms with van der Waals surface area (Å²) >= 11 is 0. The van der Waals surface area contributed by atoms with E-state index in [0.29, 0.717) is 17.9 Å². The molecule has 102 valence electrons. The molecule has 2 heterocycles. The van der Waals surface area contributed by atoms with E-state index in [-0.39, 0.29) is 5.95 Å². The van der Waals surface area contributed by atoms with Crippen molar-refractivity contribution >= 4 is 11.6 Å². The highest BCUT2D eigenvalue weighted by atomic mass is 16.5. The molecule has 0 unspecified atom stereocenters. The summed E-state index contributed by atoms with van der Waals surface area (Å²) in [4.78, 5) is 4.19. The van der Waals surface area contributed by atoms with Crippen LogP contribution in [0.5, 0.6) is 5.75 Å². The Bertz CT molecular complexity index is 748. The number of hydrogen-bond donors (Lipinski definition) is 2. The first kappa shape index (κ1) is 12.4. The lowest BCUT2D eigenvalue weighted by molar-refractivity contribution is 0.416. The van der Waals surface area contributed by atoms with Gasteiger partial charge in [-0.2, -0.15) is 4.98 Å². The molecular formula is C14H15N5O. The second-order valence-corrected chi connectivity index (χ2v) is 4.39. The van der Waals surface area contributed by atoms with Crippen molar-refractivity contribution in [2.24, 2.45) is 5.73 Å². The highest BCUT2D eigenvalue weighted by Crippen LogP contribution is 2.26. The van der Waals surface area contributed by atoms with E-state index in [0.717, 1.165) is 16.8 Å². The Morgan fingerprint density at radius 1 is 1.15 bits per heavy atom. The van der Waals surface area contributed by atoms with Crippen molar-refractivity contribution in [2.45, 2.75) is 6.54 Å². The van der Waals surface area contributed by atoms with E-state index < -0.39 is 0 Å². The maximum atomic E-state index is 5.69. The summed E-state index contributed by atoms with van der Waals surface area (Å²) in [5.41, 5.74) is 14.9. The number of nitrogens with two attached hydrogens (primary N) is 2. The van der Waals surface area contributed by atoms with Gasteiger partial charge in [-0.3, -0.25) is 0 Å². The van der Waals surface area contributed by atoms with Crippen LogP contribution in [0.15, 0.2) is 36.4 Å². The maximum absolute atomic E-state index is 5.69. The molecule has 0 radical (unpaired) electrons. The SMILES string of the molecule is COc1ccc(-c2ccc(CN)cc2)n2nc(N)nc12. The van der Waals surface area contributed by atoms with Gasteiger partial charge < -0.3 is 16.2 Å². The van der Waals surface area contributed by atoms with E-state index in [1.165, 1.54) is 0 Å². The topological polar surface area (TPSA) is 91.5 Å². The molecule has 0 aliphatic heterocycles. The second kappa shape index (κ2) is 4.82. The summed E-state index contributed by atoms with van der Waals surface area (Å²) in [6.45, 7) is 0.522. The normalized spacial score (nSPS) is 10.9. The fraction of sp³-hybridized carbons (Fsp3) is 0.143. The average molecular weight is 269 g/mol. The Morgan fingerprint density at radius 3 is 2.55 bits per heavy atom. The van der Waals surface area contributed by atoms with Crippen LogP contribution in [0.3, 0.4) is 0 Å². The molecule has 3 aromatic rings. The Hall–Kier alpha value is -2.60. The molecule has 4 N–H and O–H groups in total. The van der Waals surface area contributed by atoms with Crippen LogP contribution in [0.25, 0.3) is 16.9 Å². The summed E-state index contributed by atoms with van der Waals surface area (Å²) in [6.07, 6.45) is 0. The molecule has 0 bridgehead atoms. The van der Waals surface area contributed by atoms with Crippen molar-refractivity contribution in [1.82, 2.24) is 14.6 Å². The van der Waals surface area contributed by atoms with Gasteiger partial charge in [-0.15, -0.1) is 5.10 Å². The zero-order chi connectivity index (χ0) is 14.1. The summed E-state index contributed by atoms with van der Waals surface area (Å²) in [5, 5.41) is 4.22. The van der Waals surface area contributed by atoms with Gasteiger partial charge in [-0.05, 0) is 17.7 Å². The highest BCUT2D eigenvalue weighted by Gasteiger charge is 2.12. The first-order chi connectivity index (χ1) is 9.72. The van der Waals surface area contributed by atoms with Crippen LogP contribution in [-0.2, 0) is 6.54 Å². The van der Waals surface area contributed by atoms with E-state index >= 15 is 0 Å². The van der Waals surface area contributed by atoms with Crippen LogP contribution >= 0.6 is 0 Å². The van der Waals surface area contributed by atoms with Crippen molar-refractivity contribution in [3.8, 4) is 17.0 Å². The molecule has 0 aliphatic carbocycles. The van der Waals surface area contributed by atoms with Gasteiger partial charge in [0.25, 0.3) is 0 Å². The minimum Gasteiger partial charge on any atom is -0.493 e. The largest absolute Gasteiger partial charge is 0.493 e. The monoisotopic (exact) mass is 269 g/mol. The Labute approximate surface area is 116 Å². The number of benzene rings is 1. The molecule has 0 aliphatic rings. The number of ether oxygens (including phenoxy) is 1. The van der Waals surface area contributed by atoms with Crippen LogP contribution in [0.2, 0.25) is 0 Å². The Kier molecular flexibility index (Phi) is 3.00. The molecular weight excluding hydrogens is 254 g/mol. The second-order valence-electron chi connectivity index (χ2n) is 4.39. The number of pyridine rings is 1. The van der Waals surface area contributed by atoms with E-state index in [9.17, 15) is 0 Å². The number of fused-ring (bicyclic) bond motifs is 1. The number of anilines is 1. The third-order valence-electron chi connectivity index (χ3n) is 3.17. The molecule has 0 saturated heterocycles. The Morgan fingerprint density at radius 2 is 1.90 bits per heavy atom. The van der Waals surface area contributed by atoms with Crippen molar-refractivity contribution in [3.63, 3.8) is 0 Å². The van der Waals surface area contributed by atoms with Crippen molar-refractivity contribution < 1.29 is 4.74 Å². The third kappa shape index (κ3) is 1.96. The minimum atomic E-state index is 0.217. The van der Waals surface area contributed by atoms with Crippen molar-refractivity contribution in [3.05, 3.63) is 42.0 Å². The maximum Gasteiger partial charge on any atom is 0.240 e. The van der Waals surface area contributed by atoms with Gasteiger partial charge >= 0.3 is 0 Å². The molecule has 6 nitrogen and oxygen atoms in total. The van der Waals surface area contributed by atoms with Gasteiger partial charge in [0.05, 0.1) is 12.8 Å². The summed E-state index contributed by atoms with van der Waals surface area (Å²) in [5.74, 6) is 0.853. The number of aromatic nitrogens is 3. The molecule has 0 atom stereocenters. The number of hydrogen-bond acceptors (Lipinski definition) is 5. The molecule has 0 saturated carbocycles. The predicted octanol–water partition coefficient (Wildman–Crippen LogP) is 1.45.